The molecule has 0 fully saturated rings. The number of carbonyl (C=O) groups excluding carboxylic acids is 1. The maximum absolute atomic E-state index is 11.3. The van der Waals surface area contributed by atoms with Gasteiger partial charge >= 0.3 is 5.97 Å². The lowest BCUT2D eigenvalue weighted by molar-refractivity contribution is -0.140. The van der Waals surface area contributed by atoms with Crippen molar-refractivity contribution in [1.29, 1.82) is 0 Å². The van der Waals surface area contributed by atoms with E-state index in [0.29, 0.717) is 0 Å². The van der Waals surface area contributed by atoms with Gasteiger partial charge in [-0.3, -0.25) is 4.79 Å². The van der Waals surface area contributed by atoms with Crippen molar-refractivity contribution in [1.82, 2.24) is 4.72 Å². The van der Waals surface area contributed by atoms with E-state index in [2.05, 4.69) is 9.46 Å². The fourth-order valence-electron chi connectivity index (χ4n) is 0.911. The van der Waals surface area contributed by atoms with Gasteiger partial charge in [0.25, 0.3) is 0 Å². The van der Waals surface area contributed by atoms with Crippen LogP contribution in [0, 0.1) is 0 Å². The van der Waals surface area contributed by atoms with Gasteiger partial charge < -0.3 is 9.84 Å². The van der Waals surface area contributed by atoms with Crippen LogP contribution in [0.25, 0.3) is 0 Å². The van der Waals surface area contributed by atoms with Crippen molar-refractivity contribution in [3.05, 3.63) is 0 Å². The molecule has 0 aromatic rings. The number of ether oxygens (including phenoxy) is 1. The lowest BCUT2D eigenvalue weighted by Crippen LogP contribution is -2.36. The summed E-state index contributed by atoms with van der Waals surface area (Å²) >= 11 is 0. The Morgan fingerprint density at radius 3 is 2.60 bits per heavy atom. The van der Waals surface area contributed by atoms with Gasteiger partial charge in [0.2, 0.25) is 10.0 Å². The number of carbonyl (C=O) groups is 1. The average Bonchev–Trinajstić information content (AvgIpc) is 2.16. The van der Waals surface area contributed by atoms with Gasteiger partial charge in [-0.2, -0.15) is 0 Å². The summed E-state index contributed by atoms with van der Waals surface area (Å²) in [6.07, 6.45) is 0.283. The number of nitrogens with one attached hydrogen (secondary N) is 1. The molecular formula is C8H17NO5S. The molecule has 6 nitrogen and oxygen atoms in total. The first-order valence-electron chi connectivity index (χ1n) is 4.59. The van der Waals surface area contributed by atoms with Crippen LogP contribution in [0.3, 0.4) is 0 Å². The Morgan fingerprint density at radius 1 is 1.53 bits per heavy atom. The molecule has 90 valence electrons. The molecular weight excluding hydrogens is 222 g/mol. The molecule has 0 aromatic carbocycles. The topological polar surface area (TPSA) is 92.7 Å². The molecule has 0 unspecified atom stereocenters. The molecule has 0 aromatic heterocycles. The number of rotatable bonds is 7. The summed E-state index contributed by atoms with van der Waals surface area (Å²) in [5.41, 5.74) is 0. The Kier molecular flexibility index (Phi) is 6.46. The number of methoxy groups -OCH3 is 1. The first-order chi connectivity index (χ1) is 6.91. The molecule has 0 rings (SSSR count). The van der Waals surface area contributed by atoms with E-state index in [1.165, 1.54) is 7.11 Å². The Balaban J connectivity index is 3.90. The zero-order valence-electron chi connectivity index (χ0n) is 8.89. The van der Waals surface area contributed by atoms with Crippen LogP contribution in [0.1, 0.15) is 19.8 Å². The van der Waals surface area contributed by atoms with Crippen molar-refractivity contribution in [2.24, 2.45) is 0 Å². The normalized spacial score (nSPS) is 13.5. The quantitative estimate of drug-likeness (QED) is 0.570. The third-order valence-corrected chi connectivity index (χ3v) is 3.26. The summed E-state index contributed by atoms with van der Waals surface area (Å²) in [5, 5.41) is 8.65. The monoisotopic (exact) mass is 239 g/mol. The van der Waals surface area contributed by atoms with Crippen LogP contribution in [0.4, 0.5) is 0 Å². The lowest BCUT2D eigenvalue weighted by Gasteiger charge is -2.10. The van der Waals surface area contributed by atoms with Crippen LogP contribution in [0.15, 0.2) is 0 Å². The molecule has 0 amide bonds. The highest BCUT2D eigenvalue weighted by Crippen LogP contribution is 1.97. The van der Waals surface area contributed by atoms with Crippen molar-refractivity contribution in [3.8, 4) is 0 Å². The van der Waals surface area contributed by atoms with Gasteiger partial charge in [0.05, 0.1) is 19.5 Å². The zero-order chi connectivity index (χ0) is 11.9. The number of aliphatic hydroxyl groups excluding tert-OH is 1. The van der Waals surface area contributed by atoms with E-state index in [9.17, 15) is 13.2 Å². The summed E-state index contributed by atoms with van der Waals surface area (Å²) in [4.78, 5) is 10.7. The number of sulfonamides is 1. The van der Waals surface area contributed by atoms with Gasteiger partial charge in [0.1, 0.15) is 0 Å². The lowest BCUT2D eigenvalue weighted by atomic mass is 10.3. The van der Waals surface area contributed by atoms with E-state index in [-0.39, 0.29) is 25.2 Å². The zero-order valence-corrected chi connectivity index (χ0v) is 9.71. The Labute approximate surface area is 89.7 Å². The molecule has 0 saturated heterocycles. The van der Waals surface area contributed by atoms with Crippen LogP contribution < -0.4 is 4.72 Å². The molecule has 0 spiro atoms. The molecule has 0 heterocycles. The third kappa shape index (κ3) is 7.29. The van der Waals surface area contributed by atoms with E-state index in [1.807, 2.05) is 0 Å². The summed E-state index contributed by atoms with van der Waals surface area (Å²) in [5.74, 6) is -0.577. The van der Waals surface area contributed by atoms with E-state index in [1.54, 1.807) is 6.92 Å². The van der Waals surface area contributed by atoms with Crippen LogP contribution in [-0.4, -0.2) is 45.0 Å². The minimum atomic E-state index is -3.41. The summed E-state index contributed by atoms with van der Waals surface area (Å²) in [7, 11) is -2.16. The fourth-order valence-corrected chi connectivity index (χ4v) is 2.24. The second kappa shape index (κ2) is 6.76. The Bertz CT molecular complexity index is 287. The average molecular weight is 239 g/mol. The van der Waals surface area contributed by atoms with E-state index in [4.69, 9.17) is 5.11 Å². The fraction of sp³-hybridized carbons (Fsp3) is 0.875. The SMILES string of the molecule is COC(=O)CCCS(=O)(=O)N[C@@H](C)CO. The Hall–Kier alpha value is -0.660. The van der Waals surface area contributed by atoms with Crippen molar-refractivity contribution in [2.45, 2.75) is 25.8 Å². The predicted molar refractivity (Wildman–Crippen MR) is 54.7 cm³/mol. The van der Waals surface area contributed by atoms with Crippen LogP contribution >= 0.6 is 0 Å². The molecule has 0 bridgehead atoms. The van der Waals surface area contributed by atoms with Crippen molar-refractivity contribution < 1.29 is 23.1 Å². The van der Waals surface area contributed by atoms with Gasteiger partial charge in [-0.25, -0.2) is 13.1 Å². The highest BCUT2D eigenvalue weighted by atomic mass is 32.2. The van der Waals surface area contributed by atoms with E-state index < -0.39 is 22.0 Å². The van der Waals surface area contributed by atoms with Crippen LogP contribution in [0.2, 0.25) is 0 Å². The van der Waals surface area contributed by atoms with Gasteiger partial charge in [0.15, 0.2) is 0 Å². The molecule has 2 N–H and O–H groups in total. The molecule has 0 aliphatic carbocycles. The minimum absolute atomic E-state index is 0.0743. The van der Waals surface area contributed by atoms with E-state index >= 15 is 0 Å². The van der Waals surface area contributed by atoms with E-state index in [0.717, 1.165) is 0 Å². The minimum Gasteiger partial charge on any atom is -0.469 e. The maximum Gasteiger partial charge on any atom is 0.305 e. The second-order valence-electron chi connectivity index (χ2n) is 3.20. The first kappa shape index (κ1) is 14.3. The van der Waals surface area contributed by atoms with Crippen molar-refractivity contribution in [3.63, 3.8) is 0 Å². The second-order valence-corrected chi connectivity index (χ2v) is 5.07. The highest BCUT2D eigenvalue weighted by molar-refractivity contribution is 7.89. The number of hydrogen-bond donors (Lipinski definition) is 2. The molecule has 15 heavy (non-hydrogen) atoms. The molecule has 7 heteroatoms. The van der Waals surface area contributed by atoms with Gasteiger partial charge in [0, 0.05) is 12.5 Å². The third-order valence-electron chi connectivity index (χ3n) is 1.68. The van der Waals surface area contributed by atoms with Crippen LogP contribution in [-0.2, 0) is 19.6 Å². The number of aliphatic hydroxyl groups is 1. The predicted octanol–water partition coefficient (Wildman–Crippen LogP) is -0.760. The van der Waals surface area contributed by atoms with Gasteiger partial charge in [-0.15, -0.1) is 0 Å². The summed E-state index contributed by atoms with van der Waals surface area (Å²) in [6, 6.07) is -0.506. The molecule has 0 radical (unpaired) electrons. The highest BCUT2D eigenvalue weighted by Gasteiger charge is 2.14. The summed E-state index contributed by atoms with van der Waals surface area (Å²) < 4.78 is 29.2. The van der Waals surface area contributed by atoms with Crippen molar-refractivity contribution in [2.75, 3.05) is 19.5 Å². The van der Waals surface area contributed by atoms with Crippen molar-refractivity contribution >= 4 is 16.0 Å². The van der Waals surface area contributed by atoms with Gasteiger partial charge in [-0.05, 0) is 13.3 Å². The molecule has 0 saturated carbocycles. The smallest absolute Gasteiger partial charge is 0.305 e. The maximum atomic E-state index is 11.3. The molecule has 0 aliphatic heterocycles. The standard InChI is InChI=1S/C8H17NO5S/c1-7(6-10)9-15(12,13)5-3-4-8(11)14-2/h7,9-10H,3-6H2,1-2H3/t7-/m0/s1. The van der Waals surface area contributed by atoms with Crippen LogP contribution in [0.5, 0.6) is 0 Å². The molecule has 1 atom stereocenters. The number of hydrogen-bond acceptors (Lipinski definition) is 5. The number of esters is 1. The molecule has 0 aliphatic rings. The summed E-state index contributed by atoms with van der Waals surface area (Å²) in [6.45, 7) is 1.30. The first-order valence-corrected chi connectivity index (χ1v) is 6.24. The largest absolute Gasteiger partial charge is 0.469 e. The Morgan fingerprint density at radius 2 is 2.13 bits per heavy atom. The van der Waals surface area contributed by atoms with Gasteiger partial charge in [-0.1, -0.05) is 0 Å².